The third-order valence-corrected chi connectivity index (χ3v) is 3.30. The highest BCUT2D eigenvalue weighted by molar-refractivity contribution is 5.84. The molecule has 25 heavy (non-hydrogen) atoms. The molecule has 6 nitrogen and oxygen atoms in total. The zero-order chi connectivity index (χ0) is 17.6. The van der Waals surface area contributed by atoms with Gasteiger partial charge in [0.25, 0.3) is 0 Å². The van der Waals surface area contributed by atoms with E-state index in [1.807, 2.05) is 0 Å². The number of oxazole rings is 1. The molecule has 2 aromatic carbocycles. The van der Waals surface area contributed by atoms with Gasteiger partial charge < -0.3 is 13.9 Å². The van der Waals surface area contributed by atoms with E-state index >= 15 is 0 Å². The van der Waals surface area contributed by atoms with Crippen LogP contribution in [0.2, 0.25) is 0 Å². The summed E-state index contributed by atoms with van der Waals surface area (Å²) in [6.07, 6.45) is 0.925. The number of amides is 1. The predicted octanol–water partition coefficient (Wildman–Crippen LogP) is 4.24. The van der Waals surface area contributed by atoms with Crippen molar-refractivity contribution in [2.75, 3.05) is 12.4 Å². The van der Waals surface area contributed by atoms with Crippen molar-refractivity contribution in [1.82, 2.24) is 4.98 Å². The number of nitrogens with zero attached hydrogens (tertiary/aromatic N) is 1. The molecule has 0 bridgehead atoms. The first-order chi connectivity index (χ1) is 12.1. The molecule has 0 spiro atoms. The number of anilines is 1. The Morgan fingerprint density at radius 3 is 2.76 bits per heavy atom. The van der Waals surface area contributed by atoms with Crippen LogP contribution in [-0.2, 0) is 11.3 Å². The first-order valence-corrected chi connectivity index (χ1v) is 7.42. The van der Waals surface area contributed by atoms with Gasteiger partial charge in [-0.05, 0) is 42.5 Å². The maximum atomic E-state index is 13.2. The van der Waals surface area contributed by atoms with Crippen LogP contribution in [0.15, 0.2) is 59.2 Å². The maximum Gasteiger partial charge on any atom is 0.411 e. The molecule has 1 aromatic heterocycles. The van der Waals surface area contributed by atoms with E-state index in [0.29, 0.717) is 28.6 Å². The quantitative estimate of drug-likeness (QED) is 0.751. The fraction of sp³-hybridized carbons (Fsp3) is 0.111. The van der Waals surface area contributed by atoms with Gasteiger partial charge in [0.1, 0.15) is 30.1 Å². The van der Waals surface area contributed by atoms with Crippen LogP contribution in [0.4, 0.5) is 14.9 Å². The molecule has 0 radical (unpaired) electrons. The number of ether oxygens (including phenoxy) is 2. The van der Waals surface area contributed by atoms with Gasteiger partial charge in [0.2, 0.25) is 5.89 Å². The topological polar surface area (TPSA) is 73.6 Å². The normalized spacial score (nSPS) is 10.3. The van der Waals surface area contributed by atoms with Crippen LogP contribution in [0.5, 0.6) is 5.75 Å². The largest absolute Gasteiger partial charge is 0.487 e. The Labute approximate surface area is 143 Å². The average molecular weight is 342 g/mol. The molecule has 7 heteroatoms. The molecule has 1 heterocycles. The van der Waals surface area contributed by atoms with Gasteiger partial charge in [-0.15, -0.1) is 0 Å². The molecule has 0 unspecified atom stereocenters. The number of rotatable bonds is 5. The van der Waals surface area contributed by atoms with Crippen LogP contribution < -0.4 is 10.1 Å². The Bertz CT molecular complexity index is 862. The lowest BCUT2D eigenvalue weighted by molar-refractivity contribution is 0.187. The highest BCUT2D eigenvalue weighted by atomic mass is 19.1. The molecule has 128 valence electrons. The predicted molar refractivity (Wildman–Crippen MR) is 88.7 cm³/mol. The summed E-state index contributed by atoms with van der Waals surface area (Å²) in [7, 11) is 1.29. The van der Waals surface area contributed by atoms with E-state index in [2.05, 4.69) is 15.0 Å². The molecule has 3 aromatic rings. The van der Waals surface area contributed by atoms with Crippen molar-refractivity contribution < 1.29 is 23.1 Å². The number of carbonyl (C=O) groups is 1. The fourth-order valence-corrected chi connectivity index (χ4v) is 2.09. The minimum Gasteiger partial charge on any atom is -0.487 e. The van der Waals surface area contributed by atoms with Crippen LogP contribution in [0.25, 0.3) is 11.5 Å². The number of carbonyl (C=O) groups excluding carboxylic acids is 1. The lowest BCUT2D eigenvalue weighted by atomic mass is 10.2. The van der Waals surface area contributed by atoms with Gasteiger partial charge in [-0.2, -0.15) is 0 Å². The number of methoxy groups -OCH3 is 1. The molecule has 0 aliphatic heterocycles. The third-order valence-electron chi connectivity index (χ3n) is 3.30. The van der Waals surface area contributed by atoms with Crippen LogP contribution in [0.1, 0.15) is 5.69 Å². The van der Waals surface area contributed by atoms with Gasteiger partial charge in [0.15, 0.2) is 0 Å². The van der Waals surface area contributed by atoms with Crippen LogP contribution >= 0.6 is 0 Å². The Hall–Kier alpha value is -3.35. The second-order valence-corrected chi connectivity index (χ2v) is 5.08. The van der Waals surface area contributed by atoms with Gasteiger partial charge in [-0.1, -0.05) is 6.07 Å². The first kappa shape index (κ1) is 16.5. The van der Waals surface area contributed by atoms with E-state index in [1.54, 1.807) is 36.4 Å². The summed E-state index contributed by atoms with van der Waals surface area (Å²) in [5.41, 5.74) is 1.73. The van der Waals surface area contributed by atoms with E-state index in [4.69, 9.17) is 9.15 Å². The van der Waals surface area contributed by atoms with Crippen molar-refractivity contribution in [3.8, 4) is 17.2 Å². The van der Waals surface area contributed by atoms with Gasteiger partial charge in [-0.3, -0.25) is 5.32 Å². The van der Waals surface area contributed by atoms with Crippen molar-refractivity contribution in [3.63, 3.8) is 0 Å². The highest BCUT2D eigenvalue weighted by Gasteiger charge is 2.08. The molecule has 0 aliphatic rings. The molecule has 0 saturated carbocycles. The molecular formula is C18H15FN2O4. The number of aromatic nitrogens is 1. The minimum atomic E-state index is -0.541. The Balaban J connectivity index is 1.60. The number of halogens is 1. The van der Waals surface area contributed by atoms with E-state index < -0.39 is 6.09 Å². The van der Waals surface area contributed by atoms with Crippen molar-refractivity contribution in [3.05, 3.63) is 66.3 Å². The van der Waals surface area contributed by atoms with Gasteiger partial charge in [0.05, 0.1) is 7.11 Å². The average Bonchev–Trinajstić information content (AvgIpc) is 3.10. The number of hydrogen-bond donors (Lipinski definition) is 1. The summed E-state index contributed by atoms with van der Waals surface area (Å²) >= 11 is 0. The van der Waals surface area contributed by atoms with E-state index in [9.17, 15) is 9.18 Å². The van der Waals surface area contributed by atoms with Crippen LogP contribution in [0.3, 0.4) is 0 Å². The highest BCUT2D eigenvalue weighted by Crippen LogP contribution is 2.21. The van der Waals surface area contributed by atoms with Gasteiger partial charge in [0, 0.05) is 11.3 Å². The second kappa shape index (κ2) is 7.48. The number of benzene rings is 2. The zero-order valence-electron chi connectivity index (χ0n) is 13.4. The summed E-state index contributed by atoms with van der Waals surface area (Å²) in [5, 5.41) is 2.54. The Kier molecular flexibility index (Phi) is 4.94. The van der Waals surface area contributed by atoms with Crippen molar-refractivity contribution in [1.29, 1.82) is 0 Å². The summed E-state index contributed by atoms with van der Waals surface area (Å²) in [5.74, 6) is 0.579. The Morgan fingerprint density at radius 2 is 2.04 bits per heavy atom. The van der Waals surface area contributed by atoms with Crippen LogP contribution in [-0.4, -0.2) is 18.2 Å². The smallest absolute Gasteiger partial charge is 0.411 e. The first-order valence-electron chi connectivity index (χ1n) is 7.42. The summed E-state index contributed by atoms with van der Waals surface area (Å²) in [6, 6.07) is 12.8. The van der Waals surface area contributed by atoms with E-state index in [-0.39, 0.29) is 12.4 Å². The van der Waals surface area contributed by atoms with Crippen molar-refractivity contribution in [2.24, 2.45) is 0 Å². The summed E-state index contributed by atoms with van der Waals surface area (Å²) in [6.45, 7) is 0.197. The molecule has 0 atom stereocenters. The third kappa shape index (κ3) is 4.35. The van der Waals surface area contributed by atoms with E-state index in [0.717, 1.165) is 0 Å². The maximum absolute atomic E-state index is 13.2. The van der Waals surface area contributed by atoms with Gasteiger partial charge in [-0.25, -0.2) is 14.2 Å². The number of hydrogen-bond acceptors (Lipinski definition) is 5. The van der Waals surface area contributed by atoms with E-state index in [1.165, 1.54) is 25.5 Å². The van der Waals surface area contributed by atoms with Crippen molar-refractivity contribution in [2.45, 2.75) is 6.61 Å². The molecule has 3 rings (SSSR count). The monoisotopic (exact) mass is 342 g/mol. The van der Waals surface area contributed by atoms with Gasteiger partial charge >= 0.3 is 6.09 Å². The van der Waals surface area contributed by atoms with Crippen molar-refractivity contribution >= 4 is 11.8 Å². The SMILES string of the molecule is COC(=O)Nc1ccc(OCc2coc(-c3cccc(F)c3)n2)cc1. The molecule has 0 saturated heterocycles. The minimum absolute atomic E-state index is 0.197. The standard InChI is InChI=1S/C18H15FN2O4/c1-23-18(22)21-14-5-7-16(8-6-14)24-10-15-11-25-17(20-15)12-3-2-4-13(19)9-12/h2-9,11H,10H2,1H3,(H,21,22). The second-order valence-electron chi connectivity index (χ2n) is 5.08. The fourth-order valence-electron chi connectivity index (χ4n) is 2.09. The number of nitrogens with one attached hydrogen (secondary N) is 1. The van der Waals surface area contributed by atoms with Crippen LogP contribution in [0, 0.1) is 5.82 Å². The molecule has 0 fully saturated rings. The lowest BCUT2D eigenvalue weighted by Crippen LogP contribution is -2.10. The zero-order valence-corrected chi connectivity index (χ0v) is 13.4. The summed E-state index contributed by atoms with van der Waals surface area (Å²) in [4.78, 5) is 15.4. The lowest BCUT2D eigenvalue weighted by Gasteiger charge is -2.06. The molecule has 1 N–H and O–H groups in total. The Morgan fingerprint density at radius 1 is 1.24 bits per heavy atom. The summed E-state index contributed by atoms with van der Waals surface area (Å²) < 4.78 is 28.7. The molecular weight excluding hydrogens is 327 g/mol. The molecule has 1 amide bonds. The molecule has 0 aliphatic carbocycles.